The number of aromatic amines is 2. The fourth-order valence-corrected chi connectivity index (χ4v) is 1.23. The third-order valence-electron chi connectivity index (χ3n) is 2.05. The van der Waals surface area contributed by atoms with Gasteiger partial charge in [-0.3, -0.25) is 4.79 Å². The van der Waals surface area contributed by atoms with Crippen molar-refractivity contribution in [2.24, 2.45) is 0 Å². The number of carbonyl (C=O) groups is 1. The first-order valence-corrected chi connectivity index (χ1v) is 4.65. The number of hydrogen-bond acceptors (Lipinski definition) is 5. The van der Waals surface area contributed by atoms with Crippen LogP contribution in [0.5, 0.6) is 0 Å². The average molecular weight is 221 g/mol. The Morgan fingerprint density at radius 1 is 1.62 bits per heavy atom. The lowest BCUT2D eigenvalue weighted by Crippen LogP contribution is -2.27. The van der Waals surface area contributed by atoms with E-state index in [9.17, 15) is 4.79 Å². The SMILES string of the molecule is CC(NC(=O)c1cc(N)c[nH]1)c1nn[nH]n1. The fraction of sp³-hybridized carbons (Fsp3) is 0.250. The summed E-state index contributed by atoms with van der Waals surface area (Å²) in [5.74, 6) is 0.155. The molecule has 2 aromatic rings. The minimum Gasteiger partial charge on any atom is -0.397 e. The number of hydrogen-bond donors (Lipinski definition) is 4. The van der Waals surface area contributed by atoms with Crippen LogP contribution in [0.25, 0.3) is 0 Å². The molecule has 0 fully saturated rings. The Morgan fingerprint density at radius 2 is 2.44 bits per heavy atom. The summed E-state index contributed by atoms with van der Waals surface area (Å²) in [5.41, 5.74) is 6.40. The Morgan fingerprint density at radius 3 is 3.00 bits per heavy atom. The minimum atomic E-state index is -0.323. The molecule has 8 nitrogen and oxygen atoms in total. The van der Waals surface area contributed by atoms with Gasteiger partial charge >= 0.3 is 0 Å². The first-order chi connectivity index (χ1) is 7.66. The Kier molecular flexibility index (Phi) is 2.54. The van der Waals surface area contributed by atoms with Crippen LogP contribution in [0.15, 0.2) is 12.3 Å². The average Bonchev–Trinajstić information content (AvgIpc) is 2.87. The maximum atomic E-state index is 11.7. The second-order valence-corrected chi connectivity index (χ2v) is 3.31. The highest BCUT2D eigenvalue weighted by molar-refractivity contribution is 5.93. The second kappa shape index (κ2) is 4.01. The Hall–Kier alpha value is -2.38. The Labute approximate surface area is 90.6 Å². The van der Waals surface area contributed by atoms with E-state index < -0.39 is 0 Å². The van der Waals surface area contributed by atoms with E-state index in [1.54, 1.807) is 19.2 Å². The Balaban J connectivity index is 2.03. The van der Waals surface area contributed by atoms with Crippen LogP contribution in [-0.2, 0) is 0 Å². The molecule has 0 spiro atoms. The molecule has 1 amide bonds. The zero-order valence-corrected chi connectivity index (χ0v) is 8.56. The maximum absolute atomic E-state index is 11.7. The normalized spacial score (nSPS) is 12.3. The van der Waals surface area contributed by atoms with E-state index in [4.69, 9.17) is 5.73 Å². The van der Waals surface area contributed by atoms with Crippen LogP contribution in [0, 0.1) is 0 Å². The molecule has 0 aliphatic carbocycles. The van der Waals surface area contributed by atoms with Crippen molar-refractivity contribution in [1.29, 1.82) is 0 Å². The Bertz CT molecular complexity index is 474. The topological polar surface area (TPSA) is 125 Å². The summed E-state index contributed by atoms with van der Waals surface area (Å²) < 4.78 is 0. The van der Waals surface area contributed by atoms with Gasteiger partial charge in [-0.2, -0.15) is 5.21 Å². The molecule has 1 atom stereocenters. The van der Waals surface area contributed by atoms with E-state index in [1.165, 1.54) is 0 Å². The summed E-state index contributed by atoms with van der Waals surface area (Å²) in [6.45, 7) is 1.76. The highest BCUT2D eigenvalue weighted by atomic mass is 16.1. The second-order valence-electron chi connectivity index (χ2n) is 3.31. The molecule has 8 heteroatoms. The van der Waals surface area contributed by atoms with Crippen LogP contribution in [0.1, 0.15) is 29.3 Å². The van der Waals surface area contributed by atoms with E-state index in [0.29, 0.717) is 17.2 Å². The van der Waals surface area contributed by atoms with E-state index in [0.717, 1.165) is 0 Å². The molecule has 0 aliphatic heterocycles. The molecule has 2 aromatic heterocycles. The molecule has 0 aliphatic rings. The number of tetrazole rings is 1. The van der Waals surface area contributed by atoms with Gasteiger partial charge in [0.25, 0.3) is 5.91 Å². The summed E-state index contributed by atoms with van der Waals surface area (Å²) in [4.78, 5) is 14.4. The van der Waals surface area contributed by atoms with Crippen LogP contribution in [0.4, 0.5) is 5.69 Å². The number of nitrogens with one attached hydrogen (secondary N) is 3. The van der Waals surface area contributed by atoms with Crippen molar-refractivity contribution in [1.82, 2.24) is 30.9 Å². The van der Waals surface area contributed by atoms with Gasteiger partial charge in [-0.25, -0.2) is 0 Å². The van der Waals surface area contributed by atoms with Crippen molar-refractivity contribution in [3.05, 3.63) is 23.8 Å². The molecule has 2 rings (SSSR count). The number of carbonyl (C=O) groups excluding carboxylic acids is 1. The minimum absolute atomic E-state index is 0.269. The summed E-state index contributed by atoms with van der Waals surface area (Å²) >= 11 is 0. The van der Waals surface area contributed by atoms with E-state index in [1.807, 2.05) is 0 Å². The van der Waals surface area contributed by atoms with Crippen molar-refractivity contribution < 1.29 is 4.79 Å². The van der Waals surface area contributed by atoms with Gasteiger partial charge in [0.15, 0.2) is 5.82 Å². The van der Waals surface area contributed by atoms with Gasteiger partial charge in [0.1, 0.15) is 5.69 Å². The smallest absolute Gasteiger partial charge is 0.268 e. The molecule has 0 aromatic carbocycles. The molecule has 16 heavy (non-hydrogen) atoms. The van der Waals surface area contributed by atoms with Gasteiger partial charge < -0.3 is 16.0 Å². The molecule has 84 valence electrons. The third kappa shape index (κ3) is 2.00. The molecule has 0 saturated carbocycles. The number of H-pyrrole nitrogens is 2. The number of nitrogens with two attached hydrogens (primary N) is 1. The predicted molar refractivity (Wildman–Crippen MR) is 55.3 cm³/mol. The van der Waals surface area contributed by atoms with Gasteiger partial charge in [-0.15, -0.1) is 10.2 Å². The number of amides is 1. The van der Waals surface area contributed by atoms with Gasteiger partial charge in [-0.05, 0) is 13.0 Å². The first-order valence-electron chi connectivity index (χ1n) is 4.65. The van der Waals surface area contributed by atoms with Crippen molar-refractivity contribution in [3.63, 3.8) is 0 Å². The van der Waals surface area contributed by atoms with Crippen molar-refractivity contribution in [2.75, 3.05) is 5.73 Å². The summed E-state index contributed by atoms with van der Waals surface area (Å²) in [7, 11) is 0. The molecular weight excluding hydrogens is 210 g/mol. The van der Waals surface area contributed by atoms with Crippen LogP contribution in [0.2, 0.25) is 0 Å². The summed E-state index contributed by atoms with van der Waals surface area (Å²) in [6, 6.07) is 1.23. The van der Waals surface area contributed by atoms with Crippen molar-refractivity contribution in [3.8, 4) is 0 Å². The van der Waals surface area contributed by atoms with Crippen molar-refractivity contribution in [2.45, 2.75) is 13.0 Å². The van der Waals surface area contributed by atoms with Gasteiger partial charge in [0, 0.05) is 11.9 Å². The number of nitrogen functional groups attached to an aromatic ring is 1. The van der Waals surface area contributed by atoms with E-state index in [2.05, 4.69) is 30.9 Å². The zero-order valence-electron chi connectivity index (χ0n) is 8.56. The monoisotopic (exact) mass is 221 g/mol. The molecule has 2 heterocycles. The zero-order chi connectivity index (χ0) is 11.5. The molecule has 0 radical (unpaired) electrons. The third-order valence-corrected chi connectivity index (χ3v) is 2.05. The van der Waals surface area contributed by atoms with Gasteiger partial charge in [0.2, 0.25) is 0 Å². The van der Waals surface area contributed by atoms with Crippen LogP contribution < -0.4 is 11.1 Å². The summed E-state index contributed by atoms with van der Waals surface area (Å²) in [6.07, 6.45) is 1.55. The number of nitrogens with zero attached hydrogens (tertiary/aromatic N) is 3. The molecule has 0 bridgehead atoms. The maximum Gasteiger partial charge on any atom is 0.268 e. The van der Waals surface area contributed by atoms with Crippen LogP contribution >= 0.6 is 0 Å². The lowest BCUT2D eigenvalue weighted by molar-refractivity contribution is 0.0934. The fourth-order valence-electron chi connectivity index (χ4n) is 1.23. The predicted octanol–water partition coefficient (Wildman–Crippen LogP) is -0.399. The highest BCUT2D eigenvalue weighted by Gasteiger charge is 2.15. The lowest BCUT2D eigenvalue weighted by atomic mass is 10.3. The number of anilines is 1. The van der Waals surface area contributed by atoms with E-state index >= 15 is 0 Å². The lowest BCUT2D eigenvalue weighted by Gasteiger charge is -2.08. The standard InChI is InChI=1S/C8H11N7O/c1-4(7-12-14-15-13-7)11-8(16)6-2-5(9)3-10-6/h2-4,10H,9H2,1H3,(H,11,16)(H,12,13,14,15). The molecular formula is C8H11N7O. The summed E-state index contributed by atoms with van der Waals surface area (Å²) in [5, 5.41) is 16.0. The molecule has 1 unspecified atom stereocenters. The molecule has 5 N–H and O–H groups in total. The quantitative estimate of drug-likeness (QED) is 0.561. The van der Waals surface area contributed by atoms with Crippen molar-refractivity contribution >= 4 is 11.6 Å². The van der Waals surface area contributed by atoms with Crippen LogP contribution in [-0.4, -0.2) is 31.5 Å². The van der Waals surface area contributed by atoms with Gasteiger partial charge in [-0.1, -0.05) is 5.21 Å². The molecule has 0 saturated heterocycles. The van der Waals surface area contributed by atoms with Gasteiger partial charge in [0.05, 0.1) is 6.04 Å². The van der Waals surface area contributed by atoms with Crippen LogP contribution in [0.3, 0.4) is 0 Å². The van der Waals surface area contributed by atoms with E-state index in [-0.39, 0.29) is 11.9 Å². The largest absolute Gasteiger partial charge is 0.397 e. The number of rotatable bonds is 3. The first kappa shape index (κ1) is 10.1. The highest BCUT2D eigenvalue weighted by Crippen LogP contribution is 2.08. The number of aromatic nitrogens is 5.